The molecular formula is C23H28N6O2. The SMILES string of the molecule is N#Cc1cccnc1N1CCN(C(=O)NC(CN2CCOCC2)c2ccccc2)CC1. The maximum atomic E-state index is 13.1. The summed E-state index contributed by atoms with van der Waals surface area (Å²) in [6.07, 6.45) is 1.70. The number of nitrogens with zero attached hydrogens (tertiary/aromatic N) is 5. The van der Waals surface area contributed by atoms with Crippen molar-refractivity contribution in [2.24, 2.45) is 0 Å². The molecule has 2 saturated heterocycles. The Morgan fingerprint density at radius 3 is 2.52 bits per heavy atom. The largest absolute Gasteiger partial charge is 0.379 e. The van der Waals surface area contributed by atoms with Crippen LogP contribution in [0.1, 0.15) is 17.2 Å². The van der Waals surface area contributed by atoms with Gasteiger partial charge >= 0.3 is 6.03 Å². The summed E-state index contributed by atoms with van der Waals surface area (Å²) in [7, 11) is 0. The Kier molecular flexibility index (Phi) is 6.97. The number of benzene rings is 1. The number of hydrogen-bond acceptors (Lipinski definition) is 6. The molecule has 1 unspecified atom stereocenters. The number of anilines is 1. The lowest BCUT2D eigenvalue weighted by atomic mass is 10.1. The zero-order valence-corrected chi connectivity index (χ0v) is 17.6. The van der Waals surface area contributed by atoms with Gasteiger partial charge in [0.05, 0.1) is 24.8 Å². The van der Waals surface area contributed by atoms with E-state index in [4.69, 9.17) is 4.74 Å². The lowest BCUT2D eigenvalue weighted by Crippen LogP contribution is -2.53. The summed E-state index contributed by atoms with van der Waals surface area (Å²) in [6, 6.07) is 15.7. The average Bonchev–Trinajstić information content (AvgIpc) is 2.85. The number of carbonyl (C=O) groups excluding carboxylic acids is 1. The number of pyridine rings is 1. The summed E-state index contributed by atoms with van der Waals surface area (Å²) in [5.74, 6) is 0.694. The third kappa shape index (κ3) is 5.32. The number of piperazine rings is 1. The molecule has 1 aromatic carbocycles. The molecule has 2 aromatic rings. The molecule has 0 radical (unpaired) electrons. The van der Waals surface area contributed by atoms with Gasteiger partial charge in [-0.1, -0.05) is 30.3 Å². The fourth-order valence-electron chi connectivity index (χ4n) is 4.06. The van der Waals surface area contributed by atoms with Crippen molar-refractivity contribution in [3.8, 4) is 6.07 Å². The number of carbonyl (C=O) groups is 1. The van der Waals surface area contributed by atoms with Crippen molar-refractivity contribution in [2.75, 3.05) is 63.9 Å². The highest BCUT2D eigenvalue weighted by Gasteiger charge is 2.26. The number of aromatic nitrogens is 1. The molecular weight excluding hydrogens is 392 g/mol. The first-order valence-electron chi connectivity index (χ1n) is 10.7. The topological polar surface area (TPSA) is 84.7 Å². The van der Waals surface area contributed by atoms with E-state index < -0.39 is 0 Å². The molecule has 0 bridgehead atoms. The van der Waals surface area contributed by atoms with E-state index in [-0.39, 0.29) is 12.1 Å². The minimum Gasteiger partial charge on any atom is -0.379 e. The molecule has 31 heavy (non-hydrogen) atoms. The van der Waals surface area contributed by atoms with Crippen molar-refractivity contribution in [2.45, 2.75) is 6.04 Å². The van der Waals surface area contributed by atoms with Gasteiger partial charge in [-0.15, -0.1) is 0 Å². The highest BCUT2D eigenvalue weighted by atomic mass is 16.5. The standard InChI is InChI=1S/C23H28N6O2/c24-17-20-7-4-8-25-22(20)28-9-11-29(12-10-28)23(30)26-21(19-5-2-1-3-6-19)18-27-13-15-31-16-14-27/h1-8,21H,9-16,18H2,(H,26,30). The Morgan fingerprint density at radius 2 is 1.81 bits per heavy atom. The zero-order valence-electron chi connectivity index (χ0n) is 17.6. The van der Waals surface area contributed by atoms with E-state index in [9.17, 15) is 10.1 Å². The van der Waals surface area contributed by atoms with Crippen LogP contribution >= 0.6 is 0 Å². The van der Waals surface area contributed by atoms with Crippen molar-refractivity contribution in [1.29, 1.82) is 5.26 Å². The van der Waals surface area contributed by atoms with Gasteiger partial charge in [0.25, 0.3) is 0 Å². The van der Waals surface area contributed by atoms with Gasteiger partial charge in [-0.05, 0) is 17.7 Å². The minimum absolute atomic E-state index is 0.0525. The van der Waals surface area contributed by atoms with Crippen LogP contribution < -0.4 is 10.2 Å². The molecule has 1 aromatic heterocycles. The zero-order chi connectivity index (χ0) is 21.5. The fraction of sp³-hybridized carbons (Fsp3) is 0.435. The van der Waals surface area contributed by atoms with Gasteiger partial charge in [-0.2, -0.15) is 5.26 Å². The first-order valence-corrected chi connectivity index (χ1v) is 10.7. The Bertz CT molecular complexity index is 902. The van der Waals surface area contributed by atoms with Crippen LogP contribution in [0.15, 0.2) is 48.7 Å². The van der Waals surface area contributed by atoms with Crippen LogP contribution in [0.4, 0.5) is 10.6 Å². The number of morpholine rings is 1. The van der Waals surface area contributed by atoms with E-state index >= 15 is 0 Å². The van der Waals surface area contributed by atoms with Crippen LogP contribution in [-0.4, -0.2) is 79.8 Å². The molecule has 2 aliphatic heterocycles. The Balaban J connectivity index is 1.38. The van der Waals surface area contributed by atoms with Crippen LogP contribution in [-0.2, 0) is 4.74 Å². The molecule has 8 heteroatoms. The number of urea groups is 1. The van der Waals surface area contributed by atoms with Crippen LogP contribution in [0.25, 0.3) is 0 Å². The smallest absolute Gasteiger partial charge is 0.318 e. The minimum atomic E-state index is -0.0780. The Labute approximate surface area is 183 Å². The number of nitriles is 1. The van der Waals surface area contributed by atoms with Crippen molar-refractivity contribution in [3.05, 3.63) is 59.8 Å². The van der Waals surface area contributed by atoms with Gasteiger partial charge in [0, 0.05) is 52.0 Å². The molecule has 2 amide bonds. The van der Waals surface area contributed by atoms with Gasteiger partial charge in [0.15, 0.2) is 0 Å². The van der Waals surface area contributed by atoms with E-state index in [0.29, 0.717) is 37.6 Å². The first kappa shape index (κ1) is 21.1. The highest BCUT2D eigenvalue weighted by molar-refractivity contribution is 5.75. The van der Waals surface area contributed by atoms with Crippen molar-refractivity contribution in [1.82, 2.24) is 20.1 Å². The van der Waals surface area contributed by atoms with E-state index in [1.165, 1.54) is 0 Å². The molecule has 3 heterocycles. The summed E-state index contributed by atoms with van der Waals surface area (Å²) in [5.41, 5.74) is 1.67. The van der Waals surface area contributed by atoms with Gasteiger partial charge < -0.3 is 19.9 Å². The molecule has 4 rings (SSSR count). The molecule has 0 spiro atoms. The van der Waals surface area contributed by atoms with Gasteiger partial charge in [-0.3, -0.25) is 4.90 Å². The Morgan fingerprint density at radius 1 is 1.06 bits per heavy atom. The number of hydrogen-bond donors (Lipinski definition) is 1. The van der Waals surface area contributed by atoms with Gasteiger partial charge in [0.1, 0.15) is 11.9 Å². The van der Waals surface area contributed by atoms with E-state index in [1.807, 2.05) is 23.1 Å². The summed E-state index contributed by atoms with van der Waals surface area (Å²) in [6.45, 7) is 6.46. The third-order valence-corrected chi connectivity index (χ3v) is 5.82. The van der Waals surface area contributed by atoms with Crippen molar-refractivity contribution in [3.63, 3.8) is 0 Å². The summed E-state index contributed by atoms with van der Waals surface area (Å²) >= 11 is 0. The summed E-state index contributed by atoms with van der Waals surface area (Å²) in [4.78, 5) is 23.7. The predicted molar refractivity (Wildman–Crippen MR) is 118 cm³/mol. The lowest BCUT2D eigenvalue weighted by Gasteiger charge is -2.37. The molecule has 162 valence electrons. The fourth-order valence-corrected chi connectivity index (χ4v) is 4.06. The summed E-state index contributed by atoms with van der Waals surface area (Å²) < 4.78 is 5.46. The maximum absolute atomic E-state index is 13.1. The molecule has 0 saturated carbocycles. The second kappa shape index (κ2) is 10.2. The lowest BCUT2D eigenvalue weighted by molar-refractivity contribution is 0.0336. The van der Waals surface area contributed by atoms with Crippen LogP contribution in [0.2, 0.25) is 0 Å². The second-order valence-electron chi connectivity index (χ2n) is 7.79. The molecule has 1 N–H and O–H groups in total. The number of amides is 2. The molecule has 1 atom stereocenters. The molecule has 8 nitrogen and oxygen atoms in total. The van der Waals surface area contributed by atoms with Crippen LogP contribution in [0.3, 0.4) is 0 Å². The van der Waals surface area contributed by atoms with Crippen LogP contribution in [0, 0.1) is 11.3 Å². The van der Waals surface area contributed by atoms with Crippen LogP contribution in [0.5, 0.6) is 0 Å². The molecule has 2 aliphatic rings. The van der Waals surface area contributed by atoms with E-state index in [1.54, 1.807) is 18.3 Å². The van der Waals surface area contributed by atoms with E-state index in [2.05, 4.69) is 38.3 Å². The normalized spacial score (nSPS) is 18.3. The first-order chi connectivity index (χ1) is 15.2. The second-order valence-corrected chi connectivity index (χ2v) is 7.79. The highest BCUT2D eigenvalue weighted by Crippen LogP contribution is 2.19. The molecule has 2 fully saturated rings. The number of rotatable bonds is 5. The van der Waals surface area contributed by atoms with E-state index in [0.717, 1.165) is 38.4 Å². The van der Waals surface area contributed by atoms with Crippen molar-refractivity contribution < 1.29 is 9.53 Å². The quantitative estimate of drug-likeness (QED) is 0.795. The van der Waals surface area contributed by atoms with Crippen molar-refractivity contribution >= 4 is 11.8 Å². The average molecular weight is 421 g/mol. The third-order valence-electron chi connectivity index (χ3n) is 5.82. The Hall–Kier alpha value is -3.15. The van der Waals surface area contributed by atoms with Gasteiger partial charge in [-0.25, -0.2) is 9.78 Å². The monoisotopic (exact) mass is 420 g/mol. The predicted octanol–water partition coefficient (Wildman–Crippen LogP) is 1.86. The maximum Gasteiger partial charge on any atom is 0.318 e. The van der Waals surface area contributed by atoms with Gasteiger partial charge in [0.2, 0.25) is 0 Å². The number of nitrogens with one attached hydrogen (secondary N) is 1. The summed E-state index contributed by atoms with van der Waals surface area (Å²) in [5, 5.41) is 12.6. The molecule has 0 aliphatic carbocycles. The number of ether oxygens (including phenoxy) is 1.